The van der Waals surface area contributed by atoms with Crippen molar-refractivity contribution in [2.75, 3.05) is 5.73 Å². The highest BCUT2D eigenvalue weighted by molar-refractivity contribution is 9.10. The lowest BCUT2D eigenvalue weighted by Gasteiger charge is -2.04. The second-order valence-corrected chi connectivity index (χ2v) is 6.34. The molecule has 0 atom stereocenters. The number of anilines is 1. The predicted octanol–water partition coefficient (Wildman–Crippen LogP) is 3.35. The van der Waals surface area contributed by atoms with Gasteiger partial charge in [0.05, 0.1) is 4.88 Å². The van der Waals surface area contributed by atoms with Crippen LogP contribution in [0, 0.1) is 6.92 Å². The first-order chi connectivity index (χ1) is 8.15. The van der Waals surface area contributed by atoms with Gasteiger partial charge in [-0.15, -0.1) is 11.3 Å². The van der Waals surface area contributed by atoms with Crippen LogP contribution in [0.3, 0.4) is 0 Å². The van der Waals surface area contributed by atoms with Gasteiger partial charge in [-0.3, -0.25) is 0 Å². The first kappa shape index (κ1) is 11.2. The minimum absolute atomic E-state index is 0.657. The first-order valence-electron chi connectivity index (χ1n) is 5.56. The number of nitrogens with zero attached hydrogens (tertiary/aromatic N) is 2. The summed E-state index contributed by atoms with van der Waals surface area (Å²) < 4.78 is 1.11. The molecule has 0 amide bonds. The zero-order chi connectivity index (χ0) is 12.0. The molecule has 0 saturated heterocycles. The van der Waals surface area contributed by atoms with Crippen LogP contribution in [0.2, 0.25) is 0 Å². The Morgan fingerprint density at radius 2 is 2.18 bits per heavy atom. The summed E-state index contributed by atoms with van der Waals surface area (Å²) in [5.74, 6) is 1.42. The van der Waals surface area contributed by atoms with E-state index in [1.165, 1.54) is 4.88 Å². The van der Waals surface area contributed by atoms with Gasteiger partial charge in [-0.2, -0.15) is 0 Å². The highest BCUT2D eigenvalue weighted by Gasteiger charge is 2.19. The number of rotatable bonds is 1. The van der Waals surface area contributed by atoms with E-state index in [-0.39, 0.29) is 0 Å². The lowest BCUT2D eigenvalue weighted by molar-refractivity contribution is 0.900. The molecular formula is C12H12BrN3S. The van der Waals surface area contributed by atoms with Gasteiger partial charge < -0.3 is 5.73 Å². The lowest BCUT2D eigenvalue weighted by atomic mass is 10.2. The number of halogens is 1. The lowest BCUT2D eigenvalue weighted by Crippen LogP contribution is -2.02. The Kier molecular flexibility index (Phi) is 2.67. The SMILES string of the molecule is Cc1sc(-c2nc(N)c3c(n2)CCC3)cc1Br. The summed E-state index contributed by atoms with van der Waals surface area (Å²) >= 11 is 5.21. The molecule has 88 valence electrons. The zero-order valence-electron chi connectivity index (χ0n) is 9.46. The van der Waals surface area contributed by atoms with Crippen molar-refractivity contribution in [1.29, 1.82) is 0 Å². The molecule has 1 aliphatic rings. The topological polar surface area (TPSA) is 51.8 Å². The molecule has 0 saturated carbocycles. The molecule has 3 rings (SSSR count). The number of aromatic nitrogens is 2. The van der Waals surface area contributed by atoms with Crippen molar-refractivity contribution >= 4 is 33.1 Å². The summed E-state index contributed by atoms with van der Waals surface area (Å²) in [6.45, 7) is 2.08. The zero-order valence-corrected chi connectivity index (χ0v) is 11.9. The molecule has 2 N–H and O–H groups in total. The van der Waals surface area contributed by atoms with Crippen molar-refractivity contribution in [3.05, 3.63) is 26.7 Å². The van der Waals surface area contributed by atoms with Crippen molar-refractivity contribution < 1.29 is 0 Å². The summed E-state index contributed by atoms with van der Waals surface area (Å²) in [5, 5.41) is 0. The summed E-state index contributed by atoms with van der Waals surface area (Å²) in [5.41, 5.74) is 8.28. The van der Waals surface area contributed by atoms with Gasteiger partial charge in [-0.1, -0.05) is 0 Å². The van der Waals surface area contributed by atoms with Gasteiger partial charge in [-0.25, -0.2) is 9.97 Å². The molecule has 2 heterocycles. The smallest absolute Gasteiger partial charge is 0.171 e. The quantitative estimate of drug-likeness (QED) is 0.879. The minimum Gasteiger partial charge on any atom is -0.383 e. The molecule has 0 fully saturated rings. The van der Waals surface area contributed by atoms with Crippen LogP contribution in [0.15, 0.2) is 10.5 Å². The Bertz CT molecular complexity index is 572. The molecule has 0 unspecified atom stereocenters. The fourth-order valence-electron chi connectivity index (χ4n) is 2.14. The molecule has 0 aromatic carbocycles. The van der Waals surface area contributed by atoms with Crippen LogP contribution in [0.1, 0.15) is 22.6 Å². The van der Waals surface area contributed by atoms with Crippen molar-refractivity contribution in [2.24, 2.45) is 0 Å². The molecule has 2 aromatic heterocycles. The molecule has 5 heteroatoms. The van der Waals surface area contributed by atoms with E-state index in [1.54, 1.807) is 11.3 Å². The fraction of sp³-hybridized carbons (Fsp3) is 0.333. The van der Waals surface area contributed by atoms with E-state index in [1.807, 2.05) is 0 Å². The minimum atomic E-state index is 0.657. The largest absolute Gasteiger partial charge is 0.383 e. The van der Waals surface area contributed by atoms with Gasteiger partial charge in [-0.05, 0) is 48.2 Å². The molecule has 0 spiro atoms. The van der Waals surface area contributed by atoms with Crippen LogP contribution in [0.5, 0.6) is 0 Å². The van der Waals surface area contributed by atoms with Gasteiger partial charge >= 0.3 is 0 Å². The number of nitrogens with two attached hydrogens (primary N) is 1. The predicted molar refractivity (Wildman–Crippen MR) is 74.2 cm³/mol. The summed E-state index contributed by atoms with van der Waals surface area (Å²) in [7, 11) is 0. The van der Waals surface area contributed by atoms with E-state index in [2.05, 4.69) is 38.9 Å². The van der Waals surface area contributed by atoms with E-state index < -0.39 is 0 Å². The Labute approximate surface area is 112 Å². The van der Waals surface area contributed by atoms with Crippen molar-refractivity contribution in [1.82, 2.24) is 9.97 Å². The Morgan fingerprint density at radius 1 is 1.35 bits per heavy atom. The van der Waals surface area contributed by atoms with E-state index >= 15 is 0 Å². The maximum Gasteiger partial charge on any atom is 0.171 e. The highest BCUT2D eigenvalue weighted by atomic mass is 79.9. The van der Waals surface area contributed by atoms with Gasteiger partial charge in [0.1, 0.15) is 5.82 Å². The molecule has 0 bridgehead atoms. The molecule has 17 heavy (non-hydrogen) atoms. The number of thiophene rings is 1. The third-order valence-corrected chi connectivity index (χ3v) is 5.18. The summed E-state index contributed by atoms with van der Waals surface area (Å²) in [6.07, 6.45) is 3.19. The van der Waals surface area contributed by atoms with E-state index in [0.717, 1.165) is 45.7 Å². The van der Waals surface area contributed by atoms with Crippen LogP contribution in [-0.2, 0) is 12.8 Å². The number of aryl methyl sites for hydroxylation is 2. The van der Waals surface area contributed by atoms with Crippen molar-refractivity contribution in [3.63, 3.8) is 0 Å². The van der Waals surface area contributed by atoms with Gasteiger partial charge in [0.15, 0.2) is 5.82 Å². The van der Waals surface area contributed by atoms with Crippen LogP contribution >= 0.6 is 27.3 Å². The standard InChI is InChI=1S/C12H12BrN3S/c1-6-8(13)5-10(17-6)12-15-9-4-2-3-7(9)11(14)16-12/h5H,2-4H2,1H3,(H2,14,15,16). The second-order valence-electron chi connectivity index (χ2n) is 4.23. The van der Waals surface area contributed by atoms with Crippen LogP contribution < -0.4 is 5.73 Å². The van der Waals surface area contributed by atoms with E-state index in [4.69, 9.17) is 5.73 Å². The Balaban J connectivity index is 2.13. The van der Waals surface area contributed by atoms with Crippen LogP contribution in [0.4, 0.5) is 5.82 Å². The molecular weight excluding hydrogens is 298 g/mol. The third kappa shape index (κ3) is 1.87. The maximum absolute atomic E-state index is 6.00. The number of hydrogen-bond donors (Lipinski definition) is 1. The van der Waals surface area contributed by atoms with Gasteiger partial charge in [0.2, 0.25) is 0 Å². The average Bonchev–Trinajstić information content (AvgIpc) is 2.87. The first-order valence-corrected chi connectivity index (χ1v) is 7.17. The second kappa shape index (κ2) is 4.07. The van der Waals surface area contributed by atoms with Crippen molar-refractivity contribution in [3.8, 4) is 10.7 Å². The fourth-order valence-corrected chi connectivity index (χ4v) is 3.61. The van der Waals surface area contributed by atoms with Gasteiger partial charge in [0.25, 0.3) is 0 Å². The number of hydrogen-bond acceptors (Lipinski definition) is 4. The normalized spacial score (nSPS) is 14.0. The maximum atomic E-state index is 6.00. The average molecular weight is 310 g/mol. The van der Waals surface area contributed by atoms with E-state index in [0.29, 0.717) is 5.82 Å². The van der Waals surface area contributed by atoms with Gasteiger partial charge in [0, 0.05) is 20.6 Å². The highest BCUT2D eigenvalue weighted by Crippen LogP contribution is 2.34. The third-order valence-electron chi connectivity index (χ3n) is 3.04. The monoisotopic (exact) mass is 309 g/mol. The molecule has 0 aliphatic heterocycles. The Hall–Kier alpha value is -0.940. The molecule has 3 nitrogen and oxygen atoms in total. The van der Waals surface area contributed by atoms with Crippen LogP contribution in [0.25, 0.3) is 10.7 Å². The number of fused-ring (bicyclic) bond motifs is 1. The van der Waals surface area contributed by atoms with Crippen LogP contribution in [-0.4, -0.2) is 9.97 Å². The van der Waals surface area contributed by atoms with E-state index in [9.17, 15) is 0 Å². The molecule has 2 aromatic rings. The molecule has 0 radical (unpaired) electrons. The number of nitrogen functional groups attached to an aromatic ring is 1. The Morgan fingerprint density at radius 3 is 2.88 bits per heavy atom. The molecule has 1 aliphatic carbocycles. The summed E-state index contributed by atoms with van der Waals surface area (Å²) in [6, 6.07) is 2.07. The summed E-state index contributed by atoms with van der Waals surface area (Å²) in [4.78, 5) is 11.4. The van der Waals surface area contributed by atoms with Crippen molar-refractivity contribution in [2.45, 2.75) is 26.2 Å².